The standard InChI is InChI=1S/C18H20ClNO3/c19-14-5-3-13(4-6-14)17-9-7-15(8-10-18(21)22)20(17)12-16-2-1-11-23-16/h3-7,9,16H,1-2,8,10-12H2,(H,21,22)/t16-/m1/s1. The summed E-state index contributed by atoms with van der Waals surface area (Å²) in [7, 11) is 0. The second-order valence-electron chi connectivity index (χ2n) is 5.86. The van der Waals surface area contributed by atoms with Crippen LogP contribution >= 0.6 is 11.6 Å². The summed E-state index contributed by atoms with van der Waals surface area (Å²) < 4.78 is 7.96. The third-order valence-corrected chi connectivity index (χ3v) is 4.47. The van der Waals surface area contributed by atoms with E-state index >= 15 is 0 Å². The van der Waals surface area contributed by atoms with Crippen molar-refractivity contribution >= 4 is 17.6 Å². The highest BCUT2D eigenvalue weighted by Crippen LogP contribution is 2.27. The van der Waals surface area contributed by atoms with Crippen molar-refractivity contribution in [1.82, 2.24) is 4.57 Å². The molecule has 1 atom stereocenters. The molecule has 0 radical (unpaired) electrons. The number of halogens is 1. The van der Waals surface area contributed by atoms with Crippen molar-refractivity contribution in [3.8, 4) is 11.3 Å². The van der Waals surface area contributed by atoms with Crippen LogP contribution in [0, 0.1) is 0 Å². The molecule has 5 heteroatoms. The van der Waals surface area contributed by atoms with E-state index in [1.165, 1.54) is 0 Å². The first-order chi connectivity index (χ1) is 11.1. The molecule has 0 aliphatic carbocycles. The van der Waals surface area contributed by atoms with Crippen LogP contribution in [-0.2, 0) is 22.5 Å². The molecule has 1 N–H and O–H groups in total. The minimum atomic E-state index is -0.775. The van der Waals surface area contributed by atoms with Gasteiger partial charge < -0.3 is 14.4 Å². The third-order valence-electron chi connectivity index (χ3n) is 4.22. The molecule has 0 spiro atoms. The number of carbonyl (C=O) groups is 1. The first-order valence-corrected chi connectivity index (χ1v) is 8.29. The highest BCUT2D eigenvalue weighted by atomic mass is 35.5. The number of aliphatic carboxylic acids is 1. The number of rotatable bonds is 6. The lowest BCUT2D eigenvalue weighted by atomic mass is 10.1. The Balaban J connectivity index is 1.90. The van der Waals surface area contributed by atoms with Gasteiger partial charge in [-0.15, -0.1) is 0 Å². The molecule has 1 aromatic carbocycles. The molecule has 3 rings (SSSR count). The Kier molecular flexibility index (Phi) is 5.03. The summed E-state index contributed by atoms with van der Waals surface area (Å²) in [5.41, 5.74) is 3.19. The summed E-state index contributed by atoms with van der Waals surface area (Å²) in [5, 5.41) is 9.66. The zero-order valence-electron chi connectivity index (χ0n) is 12.9. The van der Waals surface area contributed by atoms with Gasteiger partial charge in [0.2, 0.25) is 0 Å². The molecule has 23 heavy (non-hydrogen) atoms. The normalized spacial score (nSPS) is 17.5. The number of benzene rings is 1. The zero-order chi connectivity index (χ0) is 16.2. The molecule has 1 aromatic heterocycles. The number of aromatic nitrogens is 1. The molecule has 4 nitrogen and oxygen atoms in total. The molecular weight excluding hydrogens is 314 g/mol. The summed E-state index contributed by atoms with van der Waals surface area (Å²) >= 11 is 5.97. The summed E-state index contributed by atoms with van der Waals surface area (Å²) in [6.45, 7) is 1.58. The lowest BCUT2D eigenvalue weighted by Crippen LogP contribution is -2.18. The molecule has 0 unspecified atom stereocenters. The Morgan fingerprint density at radius 1 is 1.26 bits per heavy atom. The van der Waals surface area contributed by atoms with Crippen LogP contribution < -0.4 is 0 Å². The van der Waals surface area contributed by atoms with Gasteiger partial charge in [0, 0.05) is 29.6 Å². The minimum Gasteiger partial charge on any atom is -0.481 e. The maximum Gasteiger partial charge on any atom is 0.303 e. The van der Waals surface area contributed by atoms with Crippen LogP contribution in [0.4, 0.5) is 0 Å². The molecule has 0 amide bonds. The fourth-order valence-corrected chi connectivity index (χ4v) is 3.17. The molecule has 0 saturated carbocycles. The zero-order valence-corrected chi connectivity index (χ0v) is 13.6. The van der Waals surface area contributed by atoms with E-state index in [1.807, 2.05) is 30.3 Å². The number of hydrogen-bond acceptors (Lipinski definition) is 2. The van der Waals surface area contributed by atoms with Crippen molar-refractivity contribution in [3.63, 3.8) is 0 Å². The number of aryl methyl sites for hydroxylation is 1. The van der Waals surface area contributed by atoms with Crippen LogP contribution in [0.5, 0.6) is 0 Å². The van der Waals surface area contributed by atoms with Crippen LogP contribution in [0.15, 0.2) is 36.4 Å². The van der Waals surface area contributed by atoms with Gasteiger partial charge in [0.15, 0.2) is 0 Å². The van der Waals surface area contributed by atoms with Crippen LogP contribution in [0.25, 0.3) is 11.3 Å². The van der Waals surface area contributed by atoms with Gasteiger partial charge in [-0.3, -0.25) is 4.79 Å². The summed E-state index contributed by atoms with van der Waals surface area (Å²) in [6.07, 6.45) is 3.01. The molecule has 1 fully saturated rings. The van der Waals surface area contributed by atoms with E-state index in [4.69, 9.17) is 21.4 Å². The molecule has 2 aromatic rings. The van der Waals surface area contributed by atoms with Crippen LogP contribution in [0.3, 0.4) is 0 Å². The van der Waals surface area contributed by atoms with E-state index in [1.54, 1.807) is 0 Å². The largest absolute Gasteiger partial charge is 0.481 e. The number of ether oxygens (including phenoxy) is 1. The van der Waals surface area contributed by atoms with E-state index in [9.17, 15) is 4.79 Å². The van der Waals surface area contributed by atoms with Gasteiger partial charge in [0.25, 0.3) is 0 Å². The van der Waals surface area contributed by atoms with Gasteiger partial charge in [-0.25, -0.2) is 0 Å². The number of nitrogens with zero attached hydrogens (tertiary/aromatic N) is 1. The Labute approximate surface area is 140 Å². The van der Waals surface area contributed by atoms with Crippen LogP contribution in [-0.4, -0.2) is 28.4 Å². The highest BCUT2D eigenvalue weighted by molar-refractivity contribution is 6.30. The predicted molar refractivity (Wildman–Crippen MR) is 89.8 cm³/mol. The SMILES string of the molecule is O=C(O)CCc1ccc(-c2ccc(Cl)cc2)n1C[C@H]1CCCO1. The van der Waals surface area contributed by atoms with Crippen LogP contribution in [0.1, 0.15) is 25.0 Å². The van der Waals surface area contributed by atoms with Crippen molar-refractivity contribution in [3.05, 3.63) is 47.1 Å². The van der Waals surface area contributed by atoms with Crippen molar-refractivity contribution in [1.29, 1.82) is 0 Å². The average Bonchev–Trinajstić information content (AvgIpc) is 3.17. The van der Waals surface area contributed by atoms with Crippen molar-refractivity contribution in [2.24, 2.45) is 0 Å². The fourth-order valence-electron chi connectivity index (χ4n) is 3.04. The molecule has 1 aliphatic heterocycles. The second kappa shape index (κ2) is 7.20. The third kappa shape index (κ3) is 3.95. The highest BCUT2D eigenvalue weighted by Gasteiger charge is 2.19. The second-order valence-corrected chi connectivity index (χ2v) is 6.29. The molecule has 1 saturated heterocycles. The average molecular weight is 334 g/mol. The Hall–Kier alpha value is -1.78. The number of hydrogen-bond donors (Lipinski definition) is 1. The van der Waals surface area contributed by atoms with Crippen LogP contribution in [0.2, 0.25) is 5.02 Å². The van der Waals surface area contributed by atoms with Crippen molar-refractivity contribution < 1.29 is 14.6 Å². The van der Waals surface area contributed by atoms with Gasteiger partial charge >= 0.3 is 5.97 Å². The lowest BCUT2D eigenvalue weighted by molar-refractivity contribution is -0.136. The maximum absolute atomic E-state index is 10.9. The quantitative estimate of drug-likeness (QED) is 0.869. The fraction of sp³-hybridized carbons (Fsp3) is 0.389. The molecule has 2 heterocycles. The van der Waals surface area contributed by atoms with E-state index in [2.05, 4.69) is 10.6 Å². The van der Waals surface area contributed by atoms with Gasteiger partial charge in [-0.1, -0.05) is 23.7 Å². The number of carboxylic acid groups (broad SMARTS) is 1. The first-order valence-electron chi connectivity index (χ1n) is 7.91. The smallest absolute Gasteiger partial charge is 0.303 e. The molecular formula is C18H20ClNO3. The monoisotopic (exact) mass is 333 g/mol. The van der Waals surface area contributed by atoms with Crippen molar-refractivity contribution in [2.75, 3.05) is 6.61 Å². The minimum absolute atomic E-state index is 0.135. The van der Waals surface area contributed by atoms with Gasteiger partial charge in [-0.05, 0) is 49.1 Å². The molecule has 0 bridgehead atoms. The molecule has 1 aliphatic rings. The summed E-state index contributed by atoms with van der Waals surface area (Å²) in [6, 6.07) is 11.8. The lowest BCUT2D eigenvalue weighted by Gasteiger charge is -2.17. The van der Waals surface area contributed by atoms with E-state index in [0.717, 1.165) is 42.9 Å². The van der Waals surface area contributed by atoms with Gasteiger partial charge in [0.1, 0.15) is 0 Å². The van der Waals surface area contributed by atoms with E-state index in [-0.39, 0.29) is 12.5 Å². The van der Waals surface area contributed by atoms with Crippen molar-refractivity contribution in [2.45, 2.75) is 38.3 Å². The maximum atomic E-state index is 10.9. The topological polar surface area (TPSA) is 51.5 Å². The summed E-state index contributed by atoms with van der Waals surface area (Å²) in [5.74, 6) is -0.775. The first kappa shape index (κ1) is 16.1. The molecule has 122 valence electrons. The van der Waals surface area contributed by atoms with E-state index in [0.29, 0.717) is 11.4 Å². The van der Waals surface area contributed by atoms with Gasteiger partial charge in [0.05, 0.1) is 12.5 Å². The Morgan fingerprint density at radius 3 is 2.70 bits per heavy atom. The number of carboxylic acids is 1. The van der Waals surface area contributed by atoms with E-state index < -0.39 is 5.97 Å². The predicted octanol–water partition coefficient (Wildman–Crippen LogP) is 4.00. The Morgan fingerprint density at radius 2 is 2.04 bits per heavy atom. The van der Waals surface area contributed by atoms with Gasteiger partial charge in [-0.2, -0.15) is 0 Å². The Bertz CT molecular complexity index is 672. The summed E-state index contributed by atoms with van der Waals surface area (Å²) in [4.78, 5) is 10.9.